The van der Waals surface area contributed by atoms with Gasteiger partial charge >= 0.3 is 0 Å². The molecule has 0 unspecified atom stereocenters. The molecule has 0 N–H and O–H groups in total. The third-order valence-corrected chi connectivity index (χ3v) is 4.62. The minimum Gasteiger partial charge on any atom is -0.199 e. The van der Waals surface area contributed by atoms with Crippen molar-refractivity contribution in [2.45, 2.75) is 11.8 Å². The van der Waals surface area contributed by atoms with E-state index in [4.69, 9.17) is 0 Å². The van der Waals surface area contributed by atoms with Crippen molar-refractivity contribution >= 4 is 21.8 Å². The molecule has 0 spiro atoms. The van der Waals surface area contributed by atoms with E-state index in [1.807, 2.05) is 43.3 Å². The molecule has 3 rings (SSSR count). The van der Waals surface area contributed by atoms with Crippen LogP contribution in [0, 0.1) is 6.92 Å². The van der Waals surface area contributed by atoms with Gasteiger partial charge in [-0.05, 0) is 30.2 Å². The number of aryl methyl sites for hydroxylation is 1. The number of fused-ring (bicyclic) bond motifs is 1. The van der Waals surface area contributed by atoms with Gasteiger partial charge in [-0.3, -0.25) is 0 Å². The molecule has 1 aliphatic rings. The molecule has 0 fully saturated rings. The van der Waals surface area contributed by atoms with Gasteiger partial charge in [-0.15, -0.1) is 0 Å². The lowest BCUT2D eigenvalue weighted by atomic mass is 10.1. The van der Waals surface area contributed by atoms with E-state index >= 15 is 0 Å². The first kappa shape index (κ1) is 12.8. The van der Waals surface area contributed by atoms with E-state index in [1.165, 1.54) is 0 Å². The van der Waals surface area contributed by atoms with Gasteiger partial charge in [0.25, 0.3) is 10.0 Å². The zero-order chi connectivity index (χ0) is 14.2. The van der Waals surface area contributed by atoms with Crippen molar-refractivity contribution in [1.29, 1.82) is 0 Å². The normalized spacial score (nSPS) is 16.1. The summed E-state index contributed by atoms with van der Waals surface area (Å²) in [6, 6.07) is 14.8. The van der Waals surface area contributed by atoms with E-state index in [0.29, 0.717) is 11.3 Å². The fourth-order valence-electron chi connectivity index (χ4n) is 2.19. The third kappa shape index (κ3) is 2.18. The average Bonchev–Trinajstić information content (AvgIpc) is 2.70. The Bertz CT molecular complexity index is 833. The van der Waals surface area contributed by atoms with E-state index in [2.05, 4.69) is 4.40 Å². The van der Waals surface area contributed by atoms with Crippen molar-refractivity contribution in [3.63, 3.8) is 0 Å². The van der Waals surface area contributed by atoms with Crippen LogP contribution in [0.25, 0.3) is 6.08 Å². The summed E-state index contributed by atoms with van der Waals surface area (Å²) in [5.74, 6) is 0. The molecule has 0 amide bonds. The number of hydrogen-bond donors (Lipinski definition) is 0. The quantitative estimate of drug-likeness (QED) is 0.849. The largest absolute Gasteiger partial charge is 0.283 e. The first-order chi connectivity index (χ1) is 9.58. The molecule has 0 aromatic heterocycles. The van der Waals surface area contributed by atoms with Crippen molar-refractivity contribution in [2.75, 3.05) is 0 Å². The molecule has 100 valence electrons. The van der Waals surface area contributed by atoms with Crippen molar-refractivity contribution < 1.29 is 8.42 Å². The van der Waals surface area contributed by atoms with E-state index in [-0.39, 0.29) is 4.90 Å². The minimum atomic E-state index is -3.53. The number of nitrogens with zero attached hydrogens (tertiary/aromatic N) is 1. The van der Waals surface area contributed by atoms with Crippen molar-refractivity contribution in [2.24, 2.45) is 4.40 Å². The molecule has 0 aliphatic carbocycles. The van der Waals surface area contributed by atoms with Crippen LogP contribution in [0.1, 0.15) is 16.7 Å². The second kappa shape index (κ2) is 4.72. The fourth-order valence-corrected chi connectivity index (χ4v) is 3.41. The summed E-state index contributed by atoms with van der Waals surface area (Å²) in [7, 11) is -3.53. The summed E-state index contributed by atoms with van der Waals surface area (Å²) in [6.07, 6.45) is 3.65. The average molecular weight is 283 g/mol. The van der Waals surface area contributed by atoms with Gasteiger partial charge in [0.05, 0.1) is 10.6 Å². The predicted molar refractivity (Wildman–Crippen MR) is 80.4 cm³/mol. The van der Waals surface area contributed by atoms with Crippen LogP contribution in [-0.4, -0.2) is 14.1 Å². The van der Waals surface area contributed by atoms with Gasteiger partial charge in [-0.1, -0.05) is 48.5 Å². The fraction of sp³-hybridized carbons (Fsp3) is 0.0625. The Morgan fingerprint density at radius 2 is 1.65 bits per heavy atom. The summed E-state index contributed by atoms with van der Waals surface area (Å²) >= 11 is 0. The highest BCUT2D eigenvalue weighted by Crippen LogP contribution is 2.26. The summed E-state index contributed by atoms with van der Waals surface area (Å²) in [5.41, 5.74) is 3.34. The van der Waals surface area contributed by atoms with Crippen molar-refractivity contribution in [1.82, 2.24) is 0 Å². The summed E-state index contributed by atoms with van der Waals surface area (Å²) in [4.78, 5) is 0.282. The van der Waals surface area contributed by atoms with Crippen LogP contribution < -0.4 is 0 Å². The van der Waals surface area contributed by atoms with Crippen LogP contribution in [0.4, 0.5) is 0 Å². The van der Waals surface area contributed by atoms with Crippen molar-refractivity contribution in [3.8, 4) is 0 Å². The Kier molecular flexibility index (Phi) is 3.03. The molecular weight excluding hydrogens is 270 g/mol. The summed E-state index contributed by atoms with van der Waals surface area (Å²) < 4.78 is 27.7. The molecule has 4 heteroatoms. The van der Waals surface area contributed by atoms with Crippen LogP contribution in [0.15, 0.2) is 63.9 Å². The Morgan fingerprint density at radius 3 is 2.45 bits per heavy atom. The van der Waals surface area contributed by atoms with E-state index in [0.717, 1.165) is 11.1 Å². The Balaban J connectivity index is 2.03. The molecule has 0 saturated heterocycles. The molecule has 0 bridgehead atoms. The van der Waals surface area contributed by atoms with Gasteiger partial charge in [-0.2, -0.15) is 12.8 Å². The molecule has 2 aromatic rings. The first-order valence-corrected chi connectivity index (χ1v) is 7.70. The maximum absolute atomic E-state index is 11.9. The molecule has 0 saturated carbocycles. The number of sulfonamides is 1. The molecule has 0 radical (unpaired) electrons. The number of benzene rings is 2. The van der Waals surface area contributed by atoms with Crippen LogP contribution in [-0.2, 0) is 10.0 Å². The van der Waals surface area contributed by atoms with Gasteiger partial charge in [0, 0.05) is 5.56 Å². The van der Waals surface area contributed by atoms with Gasteiger partial charge in [0.15, 0.2) is 0 Å². The number of hydrogen-bond acceptors (Lipinski definition) is 2. The lowest BCUT2D eigenvalue weighted by molar-refractivity contribution is 0.599. The topological polar surface area (TPSA) is 46.5 Å². The molecule has 20 heavy (non-hydrogen) atoms. The van der Waals surface area contributed by atoms with Crippen LogP contribution >= 0.6 is 0 Å². The highest BCUT2D eigenvalue weighted by atomic mass is 32.2. The summed E-state index contributed by atoms with van der Waals surface area (Å²) in [6.45, 7) is 2.01. The van der Waals surface area contributed by atoms with Crippen LogP contribution in [0.3, 0.4) is 0 Å². The Hall–Kier alpha value is -2.20. The van der Waals surface area contributed by atoms with Gasteiger partial charge in [0.2, 0.25) is 0 Å². The maximum atomic E-state index is 11.9. The van der Waals surface area contributed by atoms with Crippen LogP contribution in [0.2, 0.25) is 0 Å². The second-order valence-electron chi connectivity index (χ2n) is 4.64. The second-order valence-corrected chi connectivity index (χ2v) is 6.21. The third-order valence-electron chi connectivity index (χ3n) is 3.27. The minimum absolute atomic E-state index is 0.282. The summed E-state index contributed by atoms with van der Waals surface area (Å²) in [5, 5.41) is 0. The van der Waals surface area contributed by atoms with Gasteiger partial charge in [-0.25, -0.2) is 0 Å². The first-order valence-electron chi connectivity index (χ1n) is 6.26. The molecule has 1 aliphatic heterocycles. The maximum Gasteiger partial charge on any atom is 0.283 e. The lowest BCUT2D eigenvalue weighted by Crippen LogP contribution is -1.93. The number of rotatable bonds is 2. The van der Waals surface area contributed by atoms with Crippen molar-refractivity contribution in [3.05, 3.63) is 71.3 Å². The SMILES string of the molecule is Cc1ccccc1/C=C\C1=NS(=O)(=O)c2ccccc21. The van der Waals surface area contributed by atoms with Gasteiger partial charge in [0.1, 0.15) is 0 Å². The van der Waals surface area contributed by atoms with E-state index in [9.17, 15) is 8.42 Å². The molecule has 3 nitrogen and oxygen atoms in total. The van der Waals surface area contributed by atoms with E-state index in [1.54, 1.807) is 24.3 Å². The van der Waals surface area contributed by atoms with E-state index < -0.39 is 10.0 Å². The standard InChI is InChI=1S/C16H13NO2S/c1-12-6-2-3-7-13(12)10-11-15-14-8-4-5-9-16(14)20(18,19)17-15/h2-11H,1H3/b11-10-. The smallest absolute Gasteiger partial charge is 0.199 e. The van der Waals surface area contributed by atoms with Crippen LogP contribution in [0.5, 0.6) is 0 Å². The predicted octanol–water partition coefficient (Wildman–Crippen LogP) is 3.20. The molecule has 2 aromatic carbocycles. The van der Waals surface area contributed by atoms with Gasteiger partial charge < -0.3 is 0 Å². The highest BCUT2D eigenvalue weighted by Gasteiger charge is 2.26. The zero-order valence-electron chi connectivity index (χ0n) is 10.9. The molecule has 0 atom stereocenters. The Labute approximate surface area is 118 Å². The Morgan fingerprint density at radius 1 is 0.950 bits per heavy atom. The monoisotopic (exact) mass is 283 g/mol. The number of allylic oxidation sites excluding steroid dienone is 1. The zero-order valence-corrected chi connectivity index (χ0v) is 11.8. The molecule has 1 heterocycles. The highest BCUT2D eigenvalue weighted by molar-refractivity contribution is 7.90. The molecular formula is C16H13NO2S. The lowest BCUT2D eigenvalue weighted by Gasteiger charge is -1.99.